The molecule has 0 amide bonds. The monoisotopic (exact) mass is 432 g/mol. The zero-order valence-corrected chi connectivity index (χ0v) is 17.8. The van der Waals surface area contributed by atoms with Crippen molar-refractivity contribution < 1.29 is 27.4 Å². The average molecular weight is 432 g/mol. The summed E-state index contributed by atoms with van der Waals surface area (Å²) < 4.78 is 50.4. The van der Waals surface area contributed by atoms with E-state index in [0.717, 1.165) is 12.1 Å². The van der Waals surface area contributed by atoms with Gasteiger partial charge in [0.25, 0.3) is 5.82 Å². The topological polar surface area (TPSA) is 104 Å². The third kappa shape index (κ3) is 6.78. The molecule has 2 rings (SSSR count). The molecule has 0 saturated heterocycles. The third-order valence-electron chi connectivity index (χ3n) is 3.62. The molecule has 29 heavy (non-hydrogen) atoms. The number of nitrogens with one attached hydrogen (secondary N) is 1. The third-order valence-corrected chi connectivity index (χ3v) is 5.32. The zero-order chi connectivity index (χ0) is 21.8. The van der Waals surface area contributed by atoms with Crippen LogP contribution in [-0.4, -0.2) is 52.5 Å². The fourth-order valence-corrected chi connectivity index (χ4v) is 2.86. The Morgan fingerprint density at radius 2 is 1.93 bits per heavy atom. The molecule has 0 aliphatic heterocycles. The quantitative estimate of drug-likeness (QED) is 0.385. The van der Waals surface area contributed by atoms with Gasteiger partial charge in [-0.2, -0.15) is 18.2 Å². The number of esters is 1. The lowest BCUT2D eigenvalue weighted by atomic mass is 10.3. The summed E-state index contributed by atoms with van der Waals surface area (Å²) in [6, 6.07) is 1.74. The Balaban J connectivity index is 2.25. The van der Waals surface area contributed by atoms with Crippen LogP contribution in [-0.2, 0) is 22.4 Å². The van der Waals surface area contributed by atoms with Crippen molar-refractivity contribution in [1.29, 1.82) is 0 Å². The highest BCUT2D eigenvalue weighted by Crippen LogP contribution is 2.28. The lowest BCUT2D eigenvalue weighted by Gasteiger charge is -2.15. The van der Waals surface area contributed by atoms with Gasteiger partial charge in [0, 0.05) is 20.4 Å². The molecule has 0 spiro atoms. The molecule has 0 unspecified atom stereocenters. The van der Waals surface area contributed by atoms with E-state index in [9.17, 15) is 18.0 Å². The van der Waals surface area contributed by atoms with Gasteiger partial charge in [-0.15, -0.1) is 5.10 Å². The van der Waals surface area contributed by atoms with E-state index in [0.29, 0.717) is 6.61 Å². The lowest BCUT2D eigenvalue weighted by molar-refractivity contribution is -0.141. The first-order valence-corrected chi connectivity index (χ1v) is 12.4. The second-order valence-corrected chi connectivity index (χ2v) is 13.1. The number of methoxy groups -OCH3 is 1. The smallest absolute Gasteiger partial charge is 0.433 e. The first kappa shape index (κ1) is 22.7. The first-order valence-electron chi connectivity index (χ1n) is 8.70. The van der Waals surface area contributed by atoms with Gasteiger partial charge < -0.3 is 9.47 Å². The van der Waals surface area contributed by atoms with Gasteiger partial charge in [0.15, 0.2) is 0 Å². The number of hydrogen-bond acceptors (Lipinski definition) is 8. The summed E-state index contributed by atoms with van der Waals surface area (Å²) in [5.74, 6) is -1.44. The summed E-state index contributed by atoms with van der Waals surface area (Å²) in [6.45, 7) is 8.41. The van der Waals surface area contributed by atoms with Gasteiger partial charge in [-0.25, -0.2) is 19.4 Å². The molecule has 0 saturated carbocycles. The zero-order valence-electron chi connectivity index (χ0n) is 16.8. The summed E-state index contributed by atoms with van der Waals surface area (Å²) in [5, 5.41) is 6.55. The van der Waals surface area contributed by atoms with Crippen molar-refractivity contribution in [3.63, 3.8) is 0 Å². The van der Waals surface area contributed by atoms with Gasteiger partial charge in [0.05, 0.1) is 7.11 Å². The van der Waals surface area contributed by atoms with Crippen LogP contribution in [0.15, 0.2) is 6.07 Å². The molecule has 1 N–H and O–H groups in total. The molecule has 160 valence electrons. The van der Waals surface area contributed by atoms with Crippen LogP contribution in [0.1, 0.15) is 22.0 Å². The number of anilines is 2. The van der Waals surface area contributed by atoms with E-state index in [1.54, 1.807) is 0 Å². The molecule has 2 aromatic heterocycles. The Kier molecular flexibility index (Phi) is 6.95. The predicted octanol–water partition coefficient (Wildman–Crippen LogP) is 3.24. The van der Waals surface area contributed by atoms with Crippen molar-refractivity contribution in [3.8, 4) is 0 Å². The maximum absolute atomic E-state index is 13.0. The van der Waals surface area contributed by atoms with Crippen LogP contribution in [0.3, 0.4) is 0 Å². The van der Waals surface area contributed by atoms with Crippen LogP contribution in [0.4, 0.5) is 25.1 Å². The highest BCUT2D eigenvalue weighted by molar-refractivity contribution is 6.76. The van der Waals surface area contributed by atoms with E-state index >= 15 is 0 Å². The van der Waals surface area contributed by atoms with Gasteiger partial charge in [-0.3, -0.25) is 5.32 Å². The van der Waals surface area contributed by atoms with Gasteiger partial charge >= 0.3 is 12.1 Å². The molecule has 0 aromatic carbocycles. The Hall–Kier alpha value is -2.54. The molecule has 0 atom stereocenters. The van der Waals surface area contributed by atoms with E-state index < -0.39 is 25.9 Å². The molecule has 0 aliphatic carbocycles. The number of aromatic nitrogens is 5. The fraction of sp³-hybridized carbons (Fsp3) is 0.562. The Bertz CT molecular complexity index is 867. The van der Waals surface area contributed by atoms with Crippen molar-refractivity contribution in [2.24, 2.45) is 0 Å². The maximum Gasteiger partial charge on any atom is 0.433 e. The molecule has 13 heteroatoms. The molecule has 9 nitrogen and oxygen atoms in total. The highest BCUT2D eigenvalue weighted by atomic mass is 28.3. The maximum atomic E-state index is 13.0. The molecule has 2 heterocycles. The number of hydrogen-bond donors (Lipinski definition) is 1. The second-order valence-electron chi connectivity index (χ2n) is 7.44. The number of rotatable bonds is 8. The van der Waals surface area contributed by atoms with Crippen molar-refractivity contribution in [1.82, 2.24) is 24.7 Å². The Morgan fingerprint density at radius 3 is 2.52 bits per heavy atom. The van der Waals surface area contributed by atoms with Crippen molar-refractivity contribution in [3.05, 3.63) is 23.3 Å². The molecule has 0 radical (unpaired) electrons. The lowest BCUT2D eigenvalue weighted by Crippen LogP contribution is -2.22. The standard InChI is InChI=1S/C16H23F3N6O3Si/c1-10-8-11(16(17,18)19)21-14(20-10)23-15-22-12(13(26)27-2)24-25(15)9-28-6-7-29(3,4)5/h8H,6-7,9H2,1-5H3,(H,20,21,22,23,24). The van der Waals surface area contributed by atoms with Crippen LogP contribution >= 0.6 is 0 Å². The van der Waals surface area contributed by atoms with Crippen molar-refractivity contribution >= 4 is 25.9 Å². The second kappa shape index (κ2) is 8.86. The number of carbonyl (C=O) groups excluding carboxylic acids is 1. The Morgan fingerprint density at radius 1 is 1.24 bits per heavy atom. The summed E-state index contributed by atoms with van der Waals surface area (Å²) >= 11 is 0. The highest BCUT2D eigenvalue weighted by Gasteiger charge is 2.33. The molecular weight excluding hydrogens is 409 g/mol. The fourth-order valence-electron chi connectivity index (χ4n) is 2.10. The van der Waals surface area contributed by atoms with Gasteiger partial charge in [-0.1, -0.05) is 19.6 Å². The summed E-state index contributed by atoms with van der Waals surface area (Å²) in [5.41, 5.74) is -0.987. The number of nitrogens with zero attached hydrogens (tertiary/aromatic N) is 5. The summed E-state index contributed by atoms with van der Waals surface area (Å²) in [7, 11) is -0.139. The minimum Gasteiger partial charge on any atom is -0.463 e. The van der Waals surface area contributed by atoms with Gasteiger partial charge in [-0.05, 0) is 19.0 Å². The van der Waals surface area contributed by atoms with Crippen LogP contribution in [0.5, 0.6) is 0 Å². The van der Waals surface area contributed by atoms with Gasteiger partial charge in [0.2, 0.25) is 11.9 Å². The number of aryl methyl sites for hydroxylation is 1. The van der Waals surface area contributed by atoms with Crippen molar-refractivity contribution in [2.75, 3.05) is 19.0 Å². The average Bonchev–Trinajstić information content (AvgIpc) is 2.98. The number of carbonyl (C=O) groups is 1. The van der Waals surface area contributed by atoms with Crippen LogP contribution in [0.25, 0.3) is 0 Å². The normalized spacial score (nSPS) is 12.1. The van der Waals surface area contributed by atoms with E-state index in [2.05, 4.69) is 49.7 Å². The number of ether oxygens (including phenoxy) is 2. The predicted molar refractivity (Wildman–Crippen MR) is 101 cm³/mol. The van der Waals surface area contributed by atoms with Crippen LogP contribution in [0.2, 0.25) is 25.7 Å². The minimum atomic E-state index is -4.63. The molecular formula is C16H23F3N6O3Si. The van der Waals surface area contributed by atoms with E-state index in [1.165, 1.54) is 18.7 Å². The van der Waals surface area contributed by atoms with E-state index in [4.69, 9.17) is 4.74 Å². The first-order chi connectivity index (χ1) is 13.4. The number of halogens is 3. The van der Waals surface area contributed by atoms with Crippen molar-refractivity contribution in [2.45, 2.75) is 45.5 Å². The largest absolute Gasteiger partial charge is 0.463 e. The molecule has 0 bridgehead atoms. The molecule has 2 aromatic rings. The van der Waals surface area contributed by atoms with Gasteiger partial charge in [0.1, 0.15) is 12.4 Å². The number of alkyl halides is 3. The van der Waals surface area contributed by atoms with E-state index in [1.807, 2.05) is 0 Å². The minimum absolute atomic E-state index is 0.0443. The van der Waals surface area contributed by atoms with Crippen LogP contribution in [0, 0.1) is 6.92 Å². The summed E-state index contributed by atoms with van der Waals surface area (Å²) in [4.78, 5) is 23.1. The molecule has 0 aliphatic rings. The molecule has 0 fully saturated rings. The SMILES string of the molecule is COC(=O)c1nc(Nc2nc(C)cc(C(F)(F)F)n2)n(COCC[Si](C)(C)C)n1. The summed E-state index contributed by atoms with van der Waals surface area (Å²) in [6.07, 6.45) is -4.63. The Labute approximate surface area is 166 Å². The van der Waals surface area contributed by atoms with E-state index in [-0.39, 0.29) is 30.1 Å². The van der Waals surface area contributed by atoms with Crippen LogP contribution < -0.4 is 5.32 Å².